The van der Waals surface area contributed by atoms with Crippen molar-refractivity contribution in [2.45, 2.75) is 30.5 Å². The molecule has 6 nitrogen and oxygen atoms in total. The molecule has 31 heavy (non-hydrogen) atoms. The van der Waals surface area contributed by atoms with Gasteiger partial charge in [-0.3, -0.25) is 0 Å². The number of aliphatic imine (C=N–C) groups is 1. The molecule has 0 fully saturated rings. The predicted octanol–water partition coefficient (Wildman–Crippen LogP) is 4.88. The van der Waals surface area contributed by atoms with Crippen LogP contribution >= 0.6 is 23.5 Å². The van der Waals surface area contributed by atoms with Crippen LogP contribution in [0.5, 0.6) is 0 Å². The summed E-state index contributed by atoms with van der Waals surface area (Å²) >= 11 is 3.12. The van der Waals surface area contributed by atoms with E-state index in [1.807, 2.05) is 43.5 Å². The Bertz CT molecular complexity index is 1030. The fourth-order valence-corrected chi connectivity index (χ4v) is 4.46. The summed E-state index contributed by atoms with van der Waals surface area (Å²) in [6.07, 6.45) is 2.01. The Kier molecular flexibility index (Phi) is 7.81. The molecule has 1 heterocycles. The highest BCUT2D eigenvalue weighted by molar-refractivity contribution is 8.13. The first kappa shape index (κ1) is 23.0. The topological polar surface area (TPSA) is 88.0 Å². The van der Waals surface area contributed by atoms with Crippen LogP contribution in [0.25, 0.3) is 0 Å². The third-order valence-electron chi connectivity index (χ3n) is 4.69. The van der Waals surface area contributed by atoms with Crippen LogP contribution < -0.4 is 5.32 Å². The number of aromatic carboxylic acids is 1. The Morgan fingerprint density at radius 2 is 1.94 bits per heavy atom. The van der Waals surface area contributed by atoms with E-state index in [9.17, 15) is 14.7 Å². The smallest absolute Gasteiger partial charge is 0.338 e. The van der Waals surface area contributed by atoms with Gasteiger partial charge in [-0.05, 0) is 55.5 Å². The normalized spacial score (nSPS) is 15.8. The minimum Gasteiger partial charge on any atom is -0.478 e. The Hall–Kier alpha value is -2.71. The van der Waals surface area contributed by atoms with Gasteiger partial charge >= 0.3 is 11.9 Å². The van der Waals surface area contributed by atoms with E-state index in [4.69, 9.17) is 9.73 Å². The summed E-state index contributed by atoms with van der Waals surface area (Å²) in [7, 11) is 0. The van der Waals surface area contributed by atoms with Gasteiger partial charge in [0.15, 0.2) is 5.17 Å². The lowest BCUT2D eigenvalue weighted by Crippen LogP contribution is -2.30. The molecule has 0 unspecified atom stereocenters. The van der Waals surface area contributed by atoms with Crippen molar-refractivity contribution in [3.8, 4) is 0 Å². The minimum atomic E-state index is -0.952. The fourth-order valence-electron chi connectivity index (χ4n) is 3.17. The summed E-state index contributed by atoms with van der Waals surface area (Å²) in [6.45, 7) is 3.91. The van der Waals surface area contributed by atoms with Crippen molar-refractivity contribution < 1.29 is 19.4 Å². The number of thioether (sulfide) groups is 2. The van der Waals surface area contributed by atoms with Crippen LogP contribution in [0.15, 0.2) is 69.7 Å². The largest absolute Gasteiger partial charge is 0.478 e. The van der Waals surface area contributed by atoms with Crippen molar-refractivity contribution in [1.82, 2.24) is 5.32 Å². The van der Waals surface area contributed by atoms with Crippen molar-refractivity contribution in [3.05, 3.63) is 76.5 Å². The number of allylic oxidation sites excluding steroid dienone is 1. The van der Waals surface area contributed by atoms with E-state index >= 15 is 0 Å². The summed E-state index contributed by atoms with van der Waals surface area (Å²) in [6, 6.07) is 14.4. The van der Waals surface area contributed by atoms with E-state index in [-0.39, 0.29) is 11.5 Å². The number of benzene rings is 2. The van der Waals surface area contributed by atoms with Gasteiger partial charge in [-0.2, -0.15) is 0 Å². The Morgan fingerprint density at radius 3 is 2.58 bits per heavy atom. The van der Waals surface area contributed by atoms with Crippen LogP contribution in [0.2, 0.25) is 0 Å². The maximum Gasteiger partial charge on any atom is 0.338 e. The maximum atomic E-state index is 12.6. The Morgan fingerprint density at radius 1 is 1.19 bits per heavy atom. The van der Waals surface area contributed by atoms with Crippen LogP contribution in [0.1, 0.15) is 41.4 Å². The highest BCUT2D eigenvalue weighted by Gasteiger charge is 2.30. The fraction of sp³-hybridized carbons (Fsp3) is 0.261. The summed E-state index contributed by atoms with van der Waals surface area (Å²) in [5.74, 6) is -0.785. The molecule has 0 aliphatic carbocycles. The van der Waals surface area contributed by atoms with Crippen molar-refractivity contribution >= 4 is 40.6 Å². The first-order valence-corrected chi connectivity index (χ1v) is 12.0. The molecule has 0 saturated heterocycles. The molecule has 0 amide bonds. The monoisotopic (exact) mass is 456 g/mol. The SMILES string of the molecule is CCOC(=O)C1=C(C)NC(SCc2cccc(C(=O)O)c2)=N[C@H]1c1ccc(SC)cc1. The second-order valence-corrected chi connectivity index (χ2v) is 8.63. The van der Waals surface area contributed by atoms with E-state index in [0.29, 0.717) is 28.8 Å². The van der Waals surface area contributed by atoms with E-state index < -0.39 is 12.0 Å². The lowest BCUT2D eigenvalue weighted by Gasteiger charge is -2.26. The molecular weight excluding hydrogens is 432 g/mol. The quantitative estimate of drug-likeness (QED) is 0.454. The molecule has 2 aromatic rings. The molecule has 2 N–H and O–H groups in total. The molecule has 2 aromatic carbocycles. The van der Waals surface area contributed by atoms with E-state index in [1.165, 1.54) is 11.8 Å². The van der Waals surface area contributed by atoms with E-state index in [0.717, 1.165) is 16.0 Å². The van der Waals surface area contributed by atoms with Gasteiger partial charge in [-0.15, -0.1) is 11.8 Å². The zero-order valence-corrected chi connectivity index (χ0v) is 19.2. The van der Waals surface area contributed by atoms with Crippen molar-refractivity contribution in [2.24, 2.45) is 4.99 Å². The van der Waals surface area contributed by atoms with Crippen LogP contribution in [0, 0.1) is 0 Å². The van der Waals surface area contributed by atoms with Gasteiger partial charge in [0.25, 0.3) is 0 Å². The number of rotatable bonds is 7. The van der Waals surface area contributed by atoms with Crippen LogP contribution in [-0.2, 0) is 15.3 Å². The van der Waals surface area contributed by atoms with Gasteiger partial charge in [-0.1, -0.05) is 36.0 Å². The van der Waals surface area contributed by atoms with Gasteiger partial charge in [0.2, 0.25) is 0 Å². The number of hydrogen-bond acceptors (Lipinski definition) is 7. The summed E-state index contributed by atoms with van der Waals surface area (Å²) in [4.78, 5) is 29.8. The molecule has 0 bridgehead atoms. The van der Waals surface area contributed by atoms with Crippen LogP contribution in [-0.4, -0.2) is 35.1 Å². The molecule has 1 atom stereocenters. The number of carboxylic acids is 1. The second kappa shape index (κ2) is 10.5. The molecule has 0 radical (unpaired) electrons. The molecule has 0 saturated carbocycles. The summed E-state index contributed by atoms with van der Waals surface area (Å²) in [5.41, 5.74) is 3.25. The maximum absolute atomic E-state index is 12.6. The van der Waals surface area contributed by atoms with Crippen LogP contribution in [0.4, 0.5) is 0 Å². The summed E-state index contributed by atoms with van der Waals surface area (Å²) in [5, 5.41) is 13.1. The number of carboxylic acid groups (broad SMARTS) is 1. The van der Waals surface area contributed by atoms with E-state index in [1.54, 1.807) is 36.9 Å². The number of carbonyl (C=O) groups is 2. The molecule has 162 valence electrons. The highest BCUT2D eigenvalue weighted by Crippen LogP contribution is 2.34. The van der Waals surface area contributed by atoms with Gasteiger partial charge in [-0.25, -0.2) is 14.6 Å². The molecule has 1 aliphatic rings. The number of ether oxygens (including phenoxy) is 1. The molecule has 1 aliphatic heterocycles. The van der Waals surface area contributed by atoms with Crippen molar-refractivity contribution in [1.29, 1.82) is 0 Å². The molecule has 0 aromatic heterocycles. The van der Waals surface area contributed by atoms with E-state index in [2.05, 4.69) is 5.32 Å². The number of nitrogens with zero attached hydrogens (tertiary/aromatic N) is 1. The highest BCUT2D eigenvalue weighted by atomic mass is 32.2. The zero-order chi connectivity index (χ0) is 22.4. The predicted molar refractivity (Wildman–Crippen MR) is 126 cm³/mol. The average Bonchev–Trinajstić information content (AvgIpc) is 2.77. The lowest BCUT2D eigenvalue weighted by molar-refractivity contribution is -0.138. The first-order valence-electron chi connectivity index (χ1n) is 9.74. The van der Waals surface area contributed by atoms with Crippen LogP contribution in [0.3, 0.4) is 0 Å². The van der Waals surface area contributed by atoms with Gasteiger partial charge < -0.3 is 15.2 Å². The van der Waals surface area contributed by atoms with Gasteiger partial charge in [0, 0.05) is 16.3 Å². The lowest BCUT2D eigenvalue weighted by atomic mass is 9.97. The van der Waals surface area contributed by atoms with Gasteiger partial charge in [0.1, 0.15) is 6.04 Å². The third kappa shape index (κ3) is 5.71. The number of esters is 1. The second-order valence-electron chi connectivity index (χ2n) is 6.79. The summed E-state index contributed by atoms with van der Waals surface area (Å²) < 4.78 is 5.28. The molecule has 0 spiro atoms. The average molecular weight is 457 g/mol. The first-order chi connectivity index (χ1) is 14.9. The van der Waals surface area contributed by atoms with Gasteiger partial charge in [0.05, 0.1) is 17.7 Å². The minimum absolute atomic E-state index is 0.254. The molecular formula is C23H24N2O4S2. The standard InChI is InChI=1S/C23H24N2O4S2/c1-4-29-22(28)19-14(2)24-23(25-20(19)16-8-10-18(30-3)11-9-16)31-13-15-6-5-7-17(12-15)21(26)27/h5-12,20H,4,13H2,1-3H3,(H,24,25)(H,26,27)/t20-/m0/s1. The number of nitrogens with one attached hydrogen (secondary N) is 1. The van der Waals surface area contributed by atoms with Crippen molar-refractivity contribution in [2.75, 3.05) is 12.9 Å². The zero-order valence-electron chi connectivity index (χ0n) is 17.5. The Balaban J connectivity index is 1.87. The third-order valence-corrected chi connectivity index (χ3v) is 6.40. The number of carbonyl (C=O) groups excluding carboxylic acids is 1. The number of hydrogen-bond donors (Lipinski definition) is 2. The van der Waals surface area contributed by atoms with Crippen molar-refractivity contribution in [3.63, 3.8) is 0 Å². The Labute approximate surface area is 190 Å². The molecule has 3 rings (SSSR count). The number of amidine groups is 1. The molecule has 8 heteroatoms.